The van der Waals surface area contributed by atoms with Gasteiger partial charge in [-0.3, -0.25) is 9.59 Å². The Morgan fingerprint density at radius 2 is 2.00 bits per heavy atom. The molecule has 0 bridgehead atoms. The predicted octanol–water partition coefficient (Wildman–Crippen LogP) is 2.92. The van der Waals surface area contributed by atoms with E-state index < -0.39 is 5.97 Å². The molecular formula is C18H25NO4. The molecular weight excluding hydrogens is 294 g/mol. The molecule has 0 aromatic heterocycles. The van der Waals surface area contributed by atoms with Crippen molar-refractivity contribution in [3.8, 4) is 5.75 Å². The zero-order valence-corrected chi connectivity index (χ0v) is 13.4. The van der Waals surface area contributed by atoms with Crippen molar-refractivity contribution in [3.05, 3.63) is 29.8 Å². The molecule has 0 unspecified atom stereocenters. The monoisotopic (exact) mass is 319 g/mol. The van der Waals surface area contributed by atoms with E-state index in [0.29, 0.717) is 31.9 Å². The van der Waals surface area contributed by atoms with Crippen LogP contribution in [-0.4, -0.2) is 29.6 Å². The minimum absolute atomic E-state index is 0.0440. The first-order chi connectivity index (χ1) is 11.1. The van der Waals surface area contributed by atoms with Crippen molar-refractivity contribution in [2.75, 3.05) is 6.54 Å². The molecule has 1 aliphatic rings. The van der Waals surface area contributed by atoms with E-state index in [0.717, 1.165) is 24.2 Å². The summed E-state index contributed by atoms with van der Waals surface area (Å²) in [5.74, 6) is 0.00657. The van der Waals surface area contributed by atoms with Crippen LogP contribution in [0.25, 0.3) is 0 Å². The first kappa shape index (κ1) is 17.3. The second kappa shape index (κ2) is 9.18. The fourth-order valence-corrected chi connectivity index (χ4v) is 2.79. The van der Waals surface area contributed by atoms with Gasteiger partial charge in [-0.1, -0.05) is 12.1 Å². The highest BCUT2D eigenvalue weighted by molar-refractivity contribution is 5.76. The van der Waals surface area contributed by atoms with Crippen molar-refractivity contribution >= 4 is 11.9 Å². The van der Waals surface area contributed by atoms with E-state index >= 15 is 0 Å². The molecule has 1 fully saturated rings. The molecule has 0 aliphatic heterocycles. The van der Waals surface area contributed by atoms with Gasteiger partial charge in [-0.25, -0.2) is 0 Å². The van der Waals surface area contributed by atoms with E-state index in [1.165, 1.54) is 12.8 Å². The van der Waals surface area contributed by atoms with Gasteiger partial charge in [0.2, 0.25) is 5.91 Å². The van der Waals surface area contributed by atoms with E-state index in [2.05, 4.69) is 5.32 Å². The van der Waals surface area contributed by atoms with Crippen LogP contribution in [0, 0.1) is 0 Å². The minimum atomic E-state index is -0.835. The second-order valence-electron chi connectivity index (χ2n) is 6.02. The molecule has 5 heteroatoms. The normalized spacial score (nSPS) is 14.6. The van der Waals surface area contributed by atoms with Gasteiger partial charge in [0.05, 0.1) is 6.10 Å². The zero-order valence-electron chi connectivity index (χ0n) is 13.4. The van der Waals surface area contributed by atoms with Gasteiger partial charge >= 0.3 is 5.97 Å². The number of carboxylic acids is 1. The summed E-state index contributed by atoms with van der Waals surface area (Å²) in [4.78, 5) is 22.1. The Bertz CT molecular complexity index is 524. The number of aryl methyl sites for hydroxylation is 1. The van der Waals surface area contributed by atoms with Crippen molar-refractivity contribution in [2.45, 2.75) is 57.5 Å². The van der Waals surface area contributed by atoms with Crippen molar-refractivity contribution in [1.82, 2.24) is 5.32 Å². The van der Waals surface area contributed by atoms with Crippen molar-refractivity contribution in [1.29, 1.82) is 0 Å². The molecule has 5 nitrogen and oxygen atoms in total. The van der Waals surface area contributed by atoms with Crippen LogP contribution < -0.4 is 10.1 Å². The third-order valence-electron chi connectivity index (χ3n) is 4.03. The third kappa shape index (κ3) is 6.72. The molecule has 0 saturated heterocycles. The van der Waals surface area contributed by atoms with Gasteiger partial charge in [0.25, 0.3) is 0 Å². The van der Waals surface area contributed by atoms with Crippen LogP contribution in [0.2, 0.25) is 0 Å². The Hall–Kier alpha value is -2.04. The SMILES string of the molecule is O=C(O)CCCNC(=O)CCc1cccc(OC2CCCC2)c1. The molecule has 0 spiro atoms. The van der Waals surface area contributed by atoms with E-state index in [4.69, 9.17) is 9.84 Å². The summed E-state index contributed by atoms with van der Waals surface area (Å²) in [6.45, 7) is 0.413. The molecule has 1 saturated carbocycles. The molecule has 1 amide bonds. The van der Waals surface area contributed by atoms with Gasteiger partial charge in [-0.2, -0.15) is 0 Å². The number of aliphatic carboxylic acids is 1. The molecule has 2 rings (SSSR count). The van der Waals surface area contributed by atoms with Gasteiger partial charge in [-0.15, -0.1) is 0 Å². The van der Waals surface area contributed by atoms with Crippen molar-refractivity contribution < 1.29 is 19.4 Å². The van der Waals surface area contributed by atoms with Crippen molar-refractivity contribution in [3.63, 3.8) is 0 Å². The summed E-state index contributed by atoms with van der Waals surface area (Å²) < 4.78 is 5.97. The van der Waals surface area contributed by atoms with Crippen molar-refractivity contribution in [2.24, 2.45) is 0 Å². The summed E-state index contributed by atoms with van der Waals surface area (Å²) in [6.07, 6.45) is 6.69. The summed E-state index contributed by atoms with van der Waals surface area (Å²) in [5.41, 5.74) is 1.08. The van der Waals surface area contributed by atoms with Gasteiger partial charge < -0.3 is 15.2 Å². The van der Waals surface area contributed by atoms with Crippen LogP contribution in [0.3, 0.4) is 0 Å². The predicted molar refractivity (Wildman–Crippen MR) is 87.5 cm³/mol. The molecule has 0 radical (unpaired) electrons. The lowest BCUT2D eigenvalue weighted by Gasteiger charge is -2.13. The number of benzene rings is 1. The number of carbonyl (C=O) groups is 2. The maximum absolute atomic E-state index is 11.7. The summed E-state index contributed by atoms with van der Waals surface area (Å²) >= 11 is 0. The van der Waals surface area contributed by atoms with Gasteiger partial charge in [0, 0.05) is 19.4 Å². The highest BCUT2D eigenvalue weighted by atomic mass is 16.5. The van der Waals surface area contributed by atoms with Gasteiger partial charge in [0.1, 0.15) is 5.75 Å². The largest absolute Gasteiger partial charge is 0.490 e. The summed E-state index contributed by atoms with van der Waals surface area (Å²) in [5, 5.41) is 11.3. The first-order valence-corrected chi connectivity index (χ1v) is 8.37. The molecule has 126 valence electrons. The fourth-order valence-electron chi connectivity index (χ4n) is 2.79. The Morgan fingerprint density at radius 1 is 1.22 bits per heavy atom. The third-order valence-corrected chi connectivity index (χ3v) is 4.03. The van der Waals surface area contributed by atoms with Crippen LogP contribution >= 0.6 is 0 Å². The van der Waals surface area contributed by atoms with Crippen LogP contribution in [0.1, 0.15) is 50.5 Å². The average Bonchev–Trinajstić information content (AvgIpc) is 3.03. The van der Waals surface area contributed by atoms with Crippen LogP contribution in [-0.2, 0) is 16.0 Å². The Balaban J connectivity index is 1.70. The van der Waals surface area contributed by atoms with E-state index in [1.807, 2.05) is 24.3 Å². The van der Waals surface area contributed by atoms with Crippen LogP contribution in [0.15, 0.2) is 24.3 Å². The fraction of sp³-hybridized carbons (Fsp3) is 0.556. The number of hydrogen-bond acceptors (Lipinski definition) is 3. The first-order valence-electron chi connectivity index (χ1n) is 8.37. The maximum atomic E-state index is 11.7. The second-order valence-corrected chi connectivity index (χ2v) is 6.02. The molecule has 2 N–H and O–H groups in total. The molecule has 0 atom stereocenters. The zero-order chi connectivity index (χ0) is 16.5. The standard InChI is InChI=1S/C18H25NO4/c20-17(19-12-4-9-18(21)22)11-10-14-5-3-8-16(13-14)23-15-6-1-2-7-15/h3,5,8,13,15H,1-2,4,6-7,9-12H2,(H,19,20)(H,21,22). The molecule has 1 aliphatic carbocycles. The lowest BCUT2D eigenvalue weighted by molar-refractivity contribution is -0.137. The Labute approximate surface area is 137 Å². The Morgan fingerprint density at radius 3 is 2.74 bits per heavy atom. The van der Waals surface area contributed by atoms with Gasteiger partial charge in [-0.05, 0) is 56.2 Å². The number of nitrogens with one attached hydrogen (secondary N) is 1. The lowest BCUT2D eigenvalue weighted by Crippen LogP contribution is -2.25. The van der Waals surface area contributed by atoms with Gasteiger partial charge in [0.15, 0.2) is 0 Å². The smallest absolute Gasteiger partial charge is 0.303 e. The van der Waals surface area contributed by atoms with E-state index in [9.17, 15) is 9.59 Å². The van der Waals surface area contributed by atoms with Crippen LogP contribution in [0.4, 0.5) is 0 Å². The number of ether oxygens (including phenoxy) is 1. The topological polar surface area (TPSA) is 75.6 Å². The number of carbonyl (C=O) groups excluding carboxylic acids is 1. The highest BCUT2D eigenvalue weighted by Crippen LogP contribution is 2.24. The molecule has 1 aromatic carbocycles. The number of amides is 1. The average molecular weight is 319 g/mol. The maximum Gasteiger partial charge on any atom is 0.303 e. The summed E-state index contributed by atoms with van der Waals surface area (Å²) in [7, 11) is 0. The highest BCUT2D eigenvalue weighted by Gasteiger charge is 2.16. The van der Waals surface area contributed by atoms with E-state index in [1.54, 1.807) is 0 Å². The number of rotatable bonds is 9. The number of hydrogen-bond donors (Lipinski definition) is 2. The molecule has 0 heterocycles. The summed E-state index contributed by atoms with van der Waals surface area (Å²) in [6, 6.07) is 7.94. The Kier molecular flexibility index (Phi) is 6.91. The number of carboxylic acid groups (broad SMARTS) is 1. The molecule has 23 heavy (non-hydrogen) atoms. The van der Waals surface area contributed by atoms with Crippen LogP contribution in [0.5, 0.6) is 5.75 Å². The lowest BCUT2D eigenvalue weighted by atomic mass is 10.1. The van der Waals surface area contributed by atoms with E-state index in [-0.39, 0.29) is 12.3 Å². The minimum Gasteiger partial charge on any atom is -0.490 e. The molecule has 1 aromatic rings. The quantitative estimate of drug-likeness (QED) is 0.686.